The van der Waals surface area contributed by atoms with Crippen LogP contribution in [0.3, 0.4) is 0 Å². The van der Waals surface area contributed by atoms with E-state index < -0.39 is 0 Å². The summed E-state index contributed by atoms with van der Waals surface area (Å²) < 4.78 is 12.1. The Labute approximate surface area is 207 Å². The summed E-state index contributed by atoms with van der Waals surface area (Å²) in [6.07, 6.45) is 2.23. The number of nitrogens with one attached hydrogen (secondary N) is 2. The average molecular weight is 530 g/mol. The number of ether oxygens (including phenoxy) is 2. The molecule has 0 unspecified atom stereocenters. The molecule has 2 fully saturated rings. The molecule has 2 aliphatic heterocycles. The molecule has 34 heavy (non-hydrogen) atoms. The lowest BCUT2D eigenvalue weighted by Crippen LogP contribution is -2.37. The summed E-state index contributed by atoms with van der Waals surface area (Å²) in [5.74, 6) is -0.329. The van der Waals surface area contributed by atoms with Crippen molar-refractivity contribution in [3.8, 4) is 5.75 Å². The van der Waals surface area contributed by atoms with Crippen LogP contribution in [0.5, 0.6) is 5.75 Å². The van der Waals surface area contributed by atoms with Crippen LogP contribution in [0.25, 0.3) is 0 Å². The van der Waals surface area contributed by atoms with Crippen molar-refractivity contribution in [1.29, 1.82) is 0 Å². The minimum atomic E-state index is -0.379. The van der Waals surface area contributed by atoms with Crippen molar-refractivity contribution in [2.75, 3.05) is 36.5 Å². The van der Waals surface area contributed by atoms with Crippen molar-refractivity contribution < 1.29 is 23.9 Å². The topological polar surface area (TPSA) is 97.0 Å². The summed E-state index contributed by atoms with van der Waals surface area (Å²) in [7, 11) is 0. The van der Waals surface area contributed by atoms with Gasteiger partial charge in [-0.3, -0.25) is 14.4 Å². The van der Waals surface area contributed by atoms with E-state index in [1.807, 2.05) is 25.1 Å². The first-order valence-electron chi connectivity index (χ1n) is 11.4. The molecule has 0 aliphatic carbocycles. The molecule has 0 aromatic heterocycles. The van der Waals surface area contributed by atoms with Crippen LogP contribution >= 0.6 is 15.9 Å². The molecule has 2 aromatic rings. The molecule has 2 saturated heterocycles. The van der Waals surface area contributed by atoms with Crippen LogP contribution < -0.4 is 20.3 Å². The van der Waals surface area contributed by atoms with Crippen molar-refractivity contribution in [2.45, 2.75) is 32.3 Å². The molecule has 2 aliphatic rings. The molecule has 9 heteroatoms. The molecule has 2 N–H and O–H groups in total. The van der Waals surface area contributed by atoms with Crippen molar-refractivity contribution in [2.24, 2.45) is 5.92 Å². The standard InChI is InChI=1S/C25H28BrN3O5/c1-16-11-18(4-9-22(16)26)28-23(30)15-34-20-7-5-19(6-8-20)29-14-17(12-24(29)31)25(32)27-13-21-3-2-10-33-21/h4-9,11,17,21H,2-3,10,12-15H2,1H3,(H,27,32)(H,28,30)/t17-,21-/m0/s1. The highest BCUT2D eigenvalue weighted by Gasteiger charge is 2.35. The van der Waals surface area contributed by atoms with Crippen molar-refractivity contribution >= 4 is 45.0 Å². The van der Waals surface area contributed by atoms with Crippen LogP contribution in [0.4, 0.5) is 11.4 Å². The Hall–Kier alpha value is -2.91. The van der Waals surface area contributed by atoms with Crippen molar-refractivity contribution in [3.05, 3.63) is 52.5 Å². The van der Waals surface area contributed by atoms with Gasteiger partial charge in [-0.2, -0.15) is 0 Å². The Morgan fingerprint density at radius 3 is 2.71 bits per heavy atom. The van der Waals surface area contributed by atoms with E-state index in [4.69, 9.17) is 9.47 Å². The van der Waals surface area contributed by atoms with Crippen LogP contribution in [-0.2, 0) is 19.1 Å². The Morgan fingerprint density at radius 1 is 1.21 bits per heavy atom. The Balaban J connectivity index is 1.25. The molecule has 180 valence electrons. The Bertz CT molecular complexity index is 1050. The molecule has 2 heterocycles. The van der Waals surface area contributed by atoms with E-state index >= 15 is 0 Å². The van der Waals surface area contributed by atoms with Crippen LogP contribution in [-0.4, -0.2) is 50.1 Å². The number of amides is 3. The number of rotatable bonds is 8. The van der Waals surface area contributed by atoms with E-state index in [-0.39, 0.29) is 42.8 Å². The van der Waals surface area contributed by atoms with Gasteiger partial charge in [-0.05, 0) is 67.8 Å². The van der Waals surface area contributed by atoms with Gasteiger partial charge >= 0.3 is 0 Å². The minimum Gasteiger partial charge on any atom is -0.484 e. The monoisotopic (exact) mass is 529 g/mol. The minimum absolute atomic E-state index is 0.0748. The number of halogens is 1. The average Bonchev–Trinajstić information content (AvgIpc) is 3.49. The number of anilines is 2. The van der Waals surface area contributed by atoms with Crippen molar-refractivity contribution in [1.82, 2.24) is 5.32 Å². The first kappa shape index (κ1) is 24.2. The molecule has 3 amide bonds. The maximum Gasteiger partial charge on any atom is 0.262 e. The zero-order valence-electron chi connectivity index (χ0n) is 19.0. The van der Waals surface area contributed by atoms with E-state index in [1.54, 1.807) is 29.2 Å². The molecular formula is C25H28BrN3O5. The van der Waals surface area contributed by atoms with E-state index in [2.05, 4.69) is 26.6 Å². The van der Waals surface area contributed by atoms with Gasteiger partial charge in [0.15, 0.2) is 6.61 Å². The van der Waals surface area contributed by atoms with Crippen molar-refractivity contribution in [3.63, 3.8) is 0 Å². The second kappa shape index (κ2) is 11.0. The third-order valence-corrected chi connectivity index (χ3v) is 6.87. The number of carbonyl (C=O) groups is 3. The van der Waals surface area contributed by atoms with Crippen LogP contribution in [0.1, 0.15) is 24.8 Å². The fraction of sp³-hybridized carbons (Fsp3) is 0.400. The van der Waals surface area contributed by atoms with Gasteiger partial charge in [0.25, 0.3) is 5.91 Å². The summed E-state index contributed by atoms with van der Waals surface area (Å²) in [4.78, 5) is 38.8. The second-order valence-electron chi connectivity index (χ2n) is 8.58. The molecule has 2 atom stereocenters. The molecule has 0 radical (unpaired) electrons. The van der Waals surface area contributed by atoms with E-state index in [0.29, 0.717) is 30.2 Å². The zero-order valence-corrected chi connectivity index (χ0v) is 20.6. The number of aryl methyl sites for hydroxylation is 1. The highest BCUT2D eigenvalue weighted by atomic mass is 79.9. The highest BCUT2D eigenvalue weighted by molar-refractivity contribution is 9.10. The summed E-state index contributed by atoms with van der Waals surface area (Å²) in [6.45, 7) is 3.38. The lowest BCUT2D eigenvalue weighted by Gasteiger charge is -2.18. The van der Waals surface area contributed by atoms with Crippen LogP contribution in [0, 0.1) is 12.8 Å². The summed E-state index contributed by atoms with van der Waals surface area (Å²) >= 11 is 3.43. The third kappa shape index (κ3) is 6.15. The SMILES string of the molecule is Cc1cc(NC(=O)COc2ccc(N3C[C@@H](C(=O)NC[C@@H]4CCCO4)CC3=O)cc2)ccc1Br. The fourth-order valence-electron chi connectivity index (χ4n) is 4.09. The van der Waals surface area contributed by atoms with Gasteiger partial charge in [0.2, 0.25) is 11.8 Å². The molecule has 4 rings (SSSR count). The van der Waals surface area contributed by atoms with Crippen LogP contribution in [0.15, 0.2) is 46.9 Å². The summed E-state index contributed by atoms with van der Waals surface area (Å²) in [5, 5.41) is 5.72. The van der Waals surface area contributed by atoms with Gasteiger partial charge in [0.1, 0.15) is 5.75 Å². The van der Waals surface area contributed by atoms with E-state index in [0.717, 1.165) is 29.5 Å². The number of carbonyl (C=O) groups excluding carboxylic acids is 3. The number of hydrogen-bond acceptors (Lipinski definition) is 5. The molecular weight excluding hydrogens is 502 g/mol. The molecule has 8 nitrogen and oxygen atoms in total. The Kier molecular flexibility index (Phi) is 7.84. The van der Waals surface area contributed by atoms with E-state index in [1.165, 1.54) is 0 Å². The largest absolute Gasteiger partial charge is 0.484 e. The predicted octanol–water partition coefficient (Wildman–Crippen LogP) is 3.42. The fourth-order valence-corrected chi connectivity index (χ4v) is 4.33. The molecule has 0 spiro atoms. The number of benzene rings is 2. The molecule has 0 bridgehead atoms. The predicted molar refractivity (Wildman–Crippen MR) is 132 cm³/mol. The number of hydrogen-bond donors (Lipinski definition) is 2. The first-order chi connectivity index (χ1) is 16.4. The van der Waals surface area contributed by atoms with Gasteiger partial charge in [-0.1, -0.05) is 15.9 Å². The molecule has 0 saturated carbocycles. The zero-order chi connectivity index (χ0) is 24.1. The summed E-state index contributed by atoms with van der Waals surface area (Å²) in [6, 6.07) is 12.5. The van der Waals surface area contributed by atoms with Gasteiger partial charge in [0.05, 0.1) is 12.0 Å². The van der Waals surface area contributed by atoms with Gasteiger partial charge in [-0.25, -0.2) is 0 Å². The van der Waals surface area contributed by atoms with E-state index in [9.17, 15) is 14.4 Å². The Morgan fingerprint density at radius 2 is 2.00 bits per heavy atom. The highest BCUT2D eigenvalue weighted by Crippen LogP contribution is 2.27. The summed E-state index contributed by atoms with van der Waals surface area (Å²) in [5.41, 5.74) is 2.42. The van der Waals surface area contributed by atoms with Gasteiger partial charge in [0, 0.05) is 42.0 Å². The quantitative estimate of drug-likeness (QED) is 0.546. The number of nitrogens with zero attached hydrogens (tertiary/aromatic N) is 1. The van der Waals surface area contributed by atoms with Gasteiger partial charge < -0.3 is 25.0 Å². The lowest BCUT2D eigenvalue weighted by molar-refractivity contribution is -0.126. The second-order valence-corrected chi connectivity index (χ2v) is 9.43. The third-order valence-electron chi connectivity index (χ3n) is 5.98. The maximum atomic E-state index is 12.5. The first-order valence-corrected chi connectivity index (χ1v) is 12.2. The maximum absolute atomic E-state index is 12.5. The molecule has 2 aromatic carbocycles. The normalized spacial score (nSPS) is 19.8. The smallest absolute Gasteiger partial charge is 0.262 e. The van der Waals surface area contributed by atoms with Crippen LogP contribution in [0.2, 0.25) is 0 Å². The van der Waals surface area contributed by atoms with Gasteiger partial charge in [-0.15, -0.1) is 0 Å². The lowest BCUT2D eigenvalue weighted by atomic mass is 10.1.